The molecule has 0 spiro atoms. The zero-order valence-corrected chi connectivity index (χ0v) is 11.5. The summed E-state index contributed by atoms with van der Waals surface area (Å²) in [5.41, 5.74) is 0. The number of halogens is 1. The maximum atomic E-state index is 5.48. The third-order valence-electron chi connectivity index (χ3n) is 1.76. The minimum atomic E-state index is -0.151. The van der Waals surface area contributed by atoms with Crippen molar-refractivity contribution >= 4 is 22.6 Å². The fourth-order valence-electron chi connectivity index (χ4n) is 1.05. The summed E-state index contributed by atoms with van der Waals surface area (Å²) in [5.74, 6) is 0. The lowest BCUT2D eigenvalue weighted by atomic mass is 10.2. The van der Waals surface area contributed by atoms with Crippen LogP contribution < -0.4 is 0 Å². The number of allylic oxidation sites excluding steroid dienone is 1. The van der Waals surface area contributed by atoms with Gasteiger partial charge in [-0.3, -0.25) is 0 Å². The highest BCUT2D eigenvalue weighted by Crippen LogP contribution is 2.18. The fraction of sp³-hybridized carbons (Fsp3) is 0.818. The van der Waals surface area contributed by atoms with Crippen LogP contribution >= 0.6 is 22.6 Å². The van der Waals surface area contributed by atoms with E-state index in [4.69, 9.17) is 9.47 Å². The molecule has 0 aliphatic rings. The van der Waals surface area contributed by atoms with Crippen LogP contribution in [0.4, 0.5) is 0 Å². The van der Waals surface area contributed by atoms with Crippen molar-refractivity contribution in [2.24, 2.45) is 0 Å². The van der Waals surface area contributed by atoms with Gasteiger partial charge in [0.15, 0.2) is 6.29 Å². The molecule has 14 heavy (non-hydrogen) atoms. The van der Waals surface area contributed by atoms with E-state index in [9.17, 15) is 0 Å². The second-order valence-corrected chi connectivity index (χ2v) is 4.22. The average Bonchev–Trinajstić information content (AvgIpc) is 2.18. The summed E-state index contributed by atoms with van der Waals surface area (Å²) in [5, 5.41) is 0. The SMILES string of the molecule is CCCCC=C(I)C(OCC)OCC. The van der Waals surface area contributed by atoms with Crippen LogP contribution in [-0.2, 0) is 9.47 Å². The molecule has 0 N–H and O–H groups in total. The molecular formula is C11H21IO2. The molecule has 3 heteroatoms. The predicted octanol–water partition coefficient (Wildman–Crippen LogP) is 3.89. The van der Waals surface area contributed by atoms with Gasteiger partial charge in [0.1, 0.15) is 0 Å². The molecule has 0 aromatic heterocycles. The molecule has 0 aromatic carbocycles. The van der Waals surface area contributed by atoms with E-state index in [1.165, 1.54) is 16.4 Å². The van der Waals surface area contributed by atoms with Gasteiger partial charge in [0.25, 0.3) is 0 Å². The number of unbranched alkanes of at least 4 members (excludes halogenated alkanes) is 2. The first-order valence-electron chi connectivity index (χ1n) is 5.34. The van der Waals surface area contributed by atoms with Gasteiger partial charge >= 0.3 is 0 Å². The predicted molar refractivity (Wildman–Crippen MR) is 68.7 cm³/mol. The summed E-state index contributed by atoms with van der Waals surface area (Å²) in [6.45, 7) is 7.56. The molecule has 0 aliphatic heterocycles. The second kappa shape index (κ2) is 9.93. The molecule has 2 nitrogen and oxygen atoms in total. The first-order valence-corrected chi connectivity index (χ1v) is 6.42. The van der Waals surface area contributed by atoms with Crippen molar-refractivity contribution in [2.75, 3.05) is 13.2 Å². The number of hydrogen-bond acceptors (Lipinski definition) is 2. The van der Waals surface area contributed by atoms with E-state index in [0.717, 1.165) is 6.42 Å². The van der Waals surface area contributed by atoms with Crippen molar-refractivity contribution in [3.8, 4) is 0 Å². The van der Waals surface area contributed by atoms with Gasteiger partial charge in [-0.2, -0.15) is 0 Å². The van der Waals surface area contributed by atoms with Gasteiger partial charge in [0.2, 0.25) is 0 Å². The van der Waals surface area contributed by atoms with Crippen molar-refractivity contribution in [1.29, 1.82) is 0 Å². The molecule has 0 saturated heterocycles. The Kier molecular flexibility index (Phi) is 10.2. The molecule has 0 bridgehead atoms. The highest BCUT2D eigenvalue weighted by atomic mass is 127. The van der Waals surface area contributed by atoms with Gasteiger partial charge in [-0.1, -0.05) is 25.8 Å². The summed E-state index contributed by atoms with van der Waals surface area (Å²) in [6.07, 6.45) is 5.64. The van der Waals surface area contributed by atoms with Crippen LogP contribution in [0, 0.1) is 0 Å². The van der Waals surface area contributed by atoms with E-state index in [2.05, 4.69) is 35.6 Å². The van der Waals surface area contributed by atoms with Crippen molar-refractivity contribution in [1.82, 2.24) is 0 Å². The quantitative estimate of drug-likeness (QED) is 0.384. The molecule has 0 heterocycles. The first kappa shape index (κ1) is 14.4. The van der Waals surface area contributed by atoms with Gasteiger partial charge in [-0.25, -0.2) is 0 Å². The highest BCUT2D eigenvalue weighted by Gasteiger charge is 2.10. The van der Waals surface area contributed by atoms with Crippen LogP contribution in [0.25, 0.3) is 0 Å². The third kappa shape index (κ3) is 6.79. The number of rotatable bonds is 8. The molecule has 0 saturated carbocycles. The standard InChI is InChI=1S/C11H21IO2/c1-4-7-8-9-10(12)11(13-5-2)14-6-3/h9,11H,4-8H2,1-3H3. The maximum absolute atomic E-state index is 5.48. The highest BCUT2D eigenvalue weighted by molar-refractivity contribution is 14.1. The van der Waals surface area contributed by atoms with Gasteiger partial charge in [0.05, 0.1) is 0 Å². The van der Waals surface area contributed by atoms with Crippen molar-refractivity contribution in [2.45, 2.75) is 46.3 Å². The normalized spacial score (nSPS) is 12.5. The van der Waals surface area contributed by atoms with Crippen molar-refractivity contribution in [3.63, 3.8) is 0 Å². The number of hydrogen-bond donors (Lipinski definition) is 0. The molecule has 0 fully saturated rings. The Hall–Kier alpha value is 0.390. The summed E-state index contributed by atoms with van der Waals surface area (Å²) < 4.78 is 12.1. The topological polar surface area (TPSA) is 18.5 Å². The lowest BCUT2D eigenvalue weighted by Gasteiger charge is -2.16. The summed E-state index contributed by atoms with van der Waals surface area (Å²) in [6, 6.07) is 0. The Morgan fingerprint density at radius 2 is 1.79 bits per heavy atom. The Morgan fingerprint density at radius 1 is 1.21 bits per heavy atom. The Bertz CT molecular complexity index is 151. The molecule has 0 atom stereocenters. The molecule has 84 valence electrons. The van der Waals surface area contributed by atoms with E-state index in [0.29, 0.717) is 13.2 Å². The van der Waals surface area contributed by atoms with E-state index in [-0.39, 0.29) is 6.29 Å². The molecule has 0 unspecified atom stereocenters. The van der Waals surface area contributed by atoms with Crippen LogP contribution in [0.5, 0.6) is 0 Å². The first-order chi connectivity index (χ1) is 6.76. The molecule has 0 aliphatic carbocycles. The molecule has 0 radical (unpaired) electrons. The van der Waals surface area contributed by atoms with Gasteiger partial charge in [0, 0.05) is 16.8 Å². The zero-order chi connectivity index (χ0) is 10.8. The summed E-state index contributed by atoms with van der Waals surface area (Å²) >= 11 is 2.30. The summed E-state index contributed by atoms with van der Waals surface area (Å²) in [7, 11) is 0. The Labute approximate surface area is 101 Å². The van der Waals surface area contributed by atoms with E-state index in [1.54, 1.807) is 0 Å². The lowest BCUT2D eigenvalue weighted by Crippen LogP contribution is -2.17. The van der Waals surface area contributed by atoms with Crippen LogP contribution in [0.2, 0.25) is 0 Å². The monoisotopic (exact) mass is 312 g/mol. The van der Waals surface area contributed by atoms with Gasteiger partial charge < -0.3 is 9.47 Å². The van der Waals surface area contributed by atoms with E-state index >= 15 is 0 Å². The average molecular weight is 312 g/mol. The molecule has 0 rings (SSSR count). The zero-order valence-electron chi connectivity index (χ0n) is 9.38. The van der Waals surface area contributed by atoms with Crippen LogP contribution in [0.15, 0.2) is 9.66 Å². The van der Waals surface area contributed by atoms with Crippen molar-refractivity contribution in [3.05, 3.63) is 9.66 Å². The Morgan fingerprint density at radius 3 is 2.21 bits per heavy atom. The van der Waals surface area contributed by atoms with Gasteiger partial charge in [-0.15, -0.1) is 0 Å². The second-order valence-electron chi connectivity index (χ2n) is 2.97. The van der Waals surface area contributed by atoms with Gasteiger partial charge in [-0.05, 0) is 42.9 Å². The number of ether oxygens (including phenoxy) is 2. The largest absolute Gasteiger partial charge is 0.348 e. The summed E-state index contributed by atoms with van der Waals surface area (Å²) in [4.78, 5) is 0. The minimum Gasteiger partial charge on any atom is -0.348 e. The van der Waals surface area contributed by atoms with E-state index < -0.39 is 0 Å². The third-order valence-corrected chi connectivity index (χ3v) is 2.71. The Balaban J connectivity index is 3.97. The maximum Gasteiger partial charge on any atom is 0.189 e. The van der Waals surface area contributed by atoms with Crippen LogP contribution in [-0.4, -0.2) is 19.5 Å². The van der Waals surface area contributed by atoms with E-state index in [1.807, 2.05) is 13.8 Å². The molecule has 0 aromatic rings. The van der Waals surface area contributed by atoms with Crippen LogP contribution in [0.3, 0.4) is 0 Å². The van der Waals surface area contributed by atoms with Crippen molar-refractivity contribution < 1.29 is 9.47 Å². The van der Waals surface area contributed by atoms with Crippen LogP contribution in [0.1, 0.15) is 40.0 Å². The minimum absolute atomic E-state index is 0.151. The lowest BCUT2D eigenvalue weighted by molar-refractivity contribution is -0.105. The molecule has 0 amide bonds. The smallest absolute Gasteiger partial charge is 0.189 e. The fourth-order valence-corrected chi connectivity index (χ4v) is 1.72. The molecular weight excluding hydrogens is 291 g/mol.